The zero-order valence-electron chi connectivity index (χ0n) is 10.7. The van der Waals surface area contributed by atoms with Crippen LogP contribution in [0.15, 0.2) is 0 Å². The third-order valence-corrected chi connectivity index (χ3v) is 9.72. The summed E-state index contributed by atoms with van der Waals surface area (Å²) in [5.41, 5.74) is 0. The van der Waals surface area contributed by atoms with Gasteiger partial charge >= 0.3 is 0 Å². The average Bonchev–Trinajstić information content (AvgIpc) is 2.16. The molecule has 0 atom stereocenters. The van der Waals surface area contributed by atoms with Crippen LogP contribution in [-0.2, 0) is 0 Å². The van der Waals surface area contributed by atoms with Crippen molar-refractivity contribution in [3.8, 4) is 0 Å². The van der Waals surface area contributed by atoms with E-state index in [0.29, 0.717) is 23.8 Å². The second kappa shape index (κ2) is 8.39. The van der Waals surface area contributed by atoms with E-state index in [9.17, 15) is 0 Å². The lowest BCUT2D eigenvalue weighted by molar-refractivity contribution is 1.03. The fourth-order valence-corrected chi connectivity index (χ4v) is 7.77. The zero-order chi connectivity index (χ0) is 11.1. The standard InChI is InChI=1S/C12H27P3/c1-13-7-4-9-14(2)11-6-12-15(3)10-5-8-13/h4-12H2,1-3H3. The van der Waals surface area contributed by atoms with Crippen molar-refractivity contribution in [1.29, 1.82) is 0 Å². The van der Waals surface area contributed by atoms with Gasteiger partial charge in [-0.05, 0) is 76.2 Å². The summed E-state index contributed by atoms with van der Waals surface area (Å²) >= 11 is 0. The zero-order valence-corrected chi connectivity index (χ0v) is 13.4. The number of hydrogen-bond acceptors (Lipinski definition) is 0. The van der Waals surface area contributed by atoms with Crippen molar-refractivity contribution in [2.45, 2.75) is 19.3 Å². The Morgan fingerprint density at radius 1 is 0.467 bits per heavy atom. The van der Waals surface area contributed by atoms with Gasteiger partial charge in [-0.25, -0.2) is 0 Å². The fourth-order valence-electron chi connectivity index (χ4n) is 2.17. The molecule has 0 saturated carbocycles. The van der Waals surface area contributed by atoms with Gasteiger partial charge in [0, 0.05) is 0 Å². The van der Waals surface area contributed by atoms with Crippen molar-refractivity contribution < 1.29 is 0 Å². The van der Waals surface area contributed by atoms with E-state index in [1.807, 2.05) is 0 Å². The Kier molecular flexibility index (Phi) is 8.03. The highest BCUT2D eigenvalue weighted by molar-refractivity contribution is 7.58. The highest BCUT2D eigenvalue weighted by Crippen LogP contribution is 2.42. The molecule has 1 heterocycles. The maximum atomic E-state index is 2.52. The summed E-state index contributed by atoms with van der Waals surface area (Å²) in [6, 6.07) is 0. The van der Waals surface area contributed by atoms with Crippen LogP contribution in [0.3, 0.4) is 0 Å². The molecular weight excluding hydrogens is 237 g/mol. The minimum Gasteiger partial charge on any atom is -0.110 e. The molecule has 0 amide bonds. The lowest BCUT2D eigenvalue weighted by Gasteiger charge is -2.19. The summed E-state index contributed by atoms with van der Waals surface area (Å²) in [5.74, 6) is 0. The molecule has 0 bridgehead atoms. The van der Waals surface area contributed by atoms with E-state index in [-0.39, 0.29) is 0 Å². The lowest BCUT2D eigenvalue weighted by Crippen LogP contribution is -2.00. The molecule has 0 unspecified atom stereocenters. The third-order valence-electron chi connectivity index (χ3n) is 3.24. The number of hydrogen-bond donors (Lipinski definition) is 0. The van der Waals surface area contributed by atoms with Gasteiger partial charge in [-0.3, -0.25) is 0 Å². The second-order valence-corrected chi connectivity index (χ2v) is 12.8. The molecule has 0 aromatic heterocycles. The van der Waals surface area contributed by atoms with Crippen LogP contribution in [0, 0.1) is 0 Å². The van der Waals surface area contributed by atoms with Crippen molar-refractivity contribution in [2.75, 3.05) is 57.0 Å². The van der Waals surface area contributed by atoms with Gasteiger partial charge in [-0.2, -0.15) is 0 Å². The van der Waals surface area contributed by atoms with Crippen LogP contribution in [0.1, 0.15) is 19.3 Å². The Bertz CT molecular complexity index is 120. The predicted octanol–water partition coefficient (Wildman–Crippen LogP) is 4.51. The van der Waals surface area contributed by atoms with Crippen LogP contribution in [0.2, 0.25) is 0 Å². The van der Waals surface area contributed by atoms with Crippen molar-refractivity contribution in [1.82, 2.24) is 0 Å². The number of rotatable bonds is 0. The summed E-state index contributed by atoms with van der Waals surface area (Å²) in [6.07, 6.45) is 14.0. The SMILES string of the molecule is CP1CCCP(C)CCCP(C)CCC1. The first-order chi connectivity index (χ1) is 7.18. The van der Waals surface area contributed by atoms with Crippen molar-refractivity contribution >= 4 is 23.8 Å². The van der Waals surface area contributed by atoms with Crippen LogP contribution < -0.4 is 0 Å². The maximum Gasteiger partial charge on any atom is -0.0325 e. The van der Waals surface area contributed by atoms with E-state index < -0.39 is 0 Å². The second-order valence-electron chi connectivity index (χ2n) is 4.97. The molecule has 90 valence electrons. The van der Waals surface area contributed by atoms with Crippen molar-refractivity contribution in [3.63, 3.8) is 0 Å². The van der Waals surface area contributed by atoms with Crippen LogP contribution in [0.4, 0.5) is 0 Å². The molecule has 15 heavy (non-hydrogen) atoms. The van der Waals surface area contributed by atoms with Gasteiger partial charge in [0.15, 0.2) is 0 Å². The van der Waals surface area contributed by atoms with Gasteiger partial charge in [0.2, 0.25) is 0 Å². The highest BCUT2D eigenvalue weighted by Gasteiger charge is 2.09. The normalized spacial score (nSPS) is 36.6. The average molecular weight is 264 g/mol. The largest absolute Gasteiger partial charge is 0.110 e. The van der Waals surface area contributed by atoms with Gasteiger partial charge in [0.05, 0.1) is 0 Å². The Labute approximate surface area is 100 Å². The van der Waals surface area contributed by atoms with Gasteiger partial charge in [-0.1, -0.05) is 0 Å². The molecule has 1 saturated heterocycles. The minimum atomic E-state index is 0.398. The predicted molar refractivity (Wildman–Crippen MR) is 81.6 cm³/mol. The van der Waals surface area contributed by atoms with Crippen LogP contribution in [-0.4, -0.2) is 57.0 Å². The van der Waals surface area contributed by atoms with Crippen molar-refractivity contribution in [3.05, 3.63) is 0 Å². The molecule has 1 fully saturated rings. The quantitative estimate of drug-likeness (QED) is 0.565. The monoisotopic (exact) mass is 264 g/mol. The summed E-state index contributed by atoms with van der Waals surface area (Å²) in [5, 5.41) is 0. The maximum absolute atomic E-state index is 2.52. The van der Waals surface area contributed by atoms with E-state index in [2.05, 4.69) is 20.0 Å². The van der Waals surface area contributed by atoms with Gasteiger partial charge in [-0.15, -0.1) is 23.8 Å². The summed E-state index contributed by atoms with van der Waals surface area (Å²) in [4.78, 5) is 0. The molecule has 0 N–H and O–H groups in total. The first-order valence-corrected chi connectivity index (χ1v) is 12.7. The molecule has 3 heteroatoms. The Morgan fingerprint density at radius 2 is 0.667 bits per heavy atom. The van der Waals surface area contributed by atoms with Crippen LogP contribution in [0.25, 0.3) is 0 Å². The first kappa shape index (κ1) is 14.4. The fraction of sp³-hybridized carbons (Fsp3) is 1.00. The molecule has 0 nitrogen and oxygen atoms in total. The van der Waals surface area contributed by atoms with Gasteiger partial charge in [0.25, 0.3) is 0 Å². The van der Waals surface area contributed by atoms with Crippen LogP contribution >= 0.6 is 23.8 Å². The van der Waals surface area contributed by atoms with E-state index in [4.69, 9.17) is 0 Å². The first-order valence-electron chi connectivity index (χ1n) is 6.24. The Balaban J connectivity index is 2.30. The van der Waals surface area contributed by atoms with E-state index >= 15 is 0 Å². The molecule has 0 aromatic carbocycles. The van der Waals surface area contributed by atoms with E-state index in [0.717, 1.165) is 0 Å². The van der Waals surface area contributed by atoms with E-state index in [1.54, 1.807) is 37.0 Å². The van der Waals surface area contributed by atoms with Crippen molar-refractivity contribution in [2.24, 2.45) is 0 Å². The minimum absolute atomic E-state index is 0.398. The Hall–Kier alpha value is 1.29. The molecule has 0 aliphatic carbocycles. The molecular formula is C12H27P3. The summed E-state index contributed by atoms with van der Waals surface area (Å²) < 4.78 is 0. The molecule has 0 aromatic rings. The molecule has 1 rings (SSSR count). The summed E-state index contributed by atoms with van der Waals surface area (Å²) in [6.45, 7) is 7.57. The molecule has 1 aliphatic rings. The van der Waals surface area contributed by atoms with Crippen LogP contribution in [0.5, 0.6) is 0 Å². The van der Waals surface area contributed by atoms with Gasteiger partial charge < -0.3 is 0 Å². The van der Waals surface area contributed by atoms with Gasteiger partial charge in [0.1, 0.15) is 0 Å². The highest BCUT2D eigenvalue weighted by atomic mass is 31.1. The lowest BCUT2D eigenvalue weighted by atomic mass is 10.5. The molecule has 1 aliphatic heterocycles. The van der Waals surface area contributed by atoms with E-state index in [1.165, 1.54) is 19.3 Å². The smallest absolute Gasteiger partial charge is 0.0325 e. The Morgan fingerprint density at radius 3 is 0.867 bits per heavy atom. The molecule has 0 radical (unpaired) electrons. The third kappa shape index (κ3) is 7.26. The topological polar surface area (TPSA) is 0 Å². The molecule has 0 spiro atoms. The summed E-state index contributed by atoms with van der Waals surface area (Å²) in [7, 11) is 1.19.